The summed E-state index contributed by atoms with van der Waals surface area (Å²) in [4.78, 5) is 16.9. The molecule has 1 rings (SSSR count). The number of carbonyl (C=O) groups is 1. The first-order valence-corrected chi connectivity index (χ1v) is 8.92. The van der Waals surface area contributed by atoms with Crippen molar-refractivity contribution in [1.29, 1.82) is 0 Å². The van der Waals surface area contributed by atoms with Crippen molar-refractivity contribution >= 4 is 23.3 Å². The topological polar surface area (TPSA) is 50.2 Å². The minimum Gasteiger partial charge on any atom is -0.480 e. The number of pyridine rings is 1. The van der Waals surface area contributed by atoms with Crippen molar-refractivity contribution in [3.05, 3.63) is 58.3 Å². The fourth-order valence-electron chi connectivity index (χ4n) is 1.92. The number of aromatic nitrogens is 1. The summed E-state index contributed by atoms with van der Waals surface area (Å²) in [6, 6.07) is 4.01. The Balaban J connectivity index is 3.56. The summed E-state index contributed by atoms with van der Waals surface area (Å²) in [7, 11) is 0. The van der Waals surface area contributed by atoms with Gasteiger partial charge in [0.25, 0.3) is 0 Å². The molecule has 1 heterocycles. The quantitative estimate of drug-likeness (QED) is 0.651. The van der Waals surface area contributed by atoms with Gasteiger partial charge in [-0.1, -0.05) is 36.8 Å². The Morgan fingerprint density at radius 3 is 2.50 bits per heavy atom. The van der Waals surface area contributed by atoms with Gasteiger partial charge in [0, 0.05) is 22.4 Å². The lowest BCUT2D eigenvalue weighted by molar-refractivity contribution is -0.138. The minimum atomic E-state index is -0.911. The van der Waals surface area contributed by atoms with Gasteiger partial charge in [0.2, 0.25) is 0 Å². The SMILES string of the molecule is C\C=C/C(SC(C)(C)C(=O)O)=C(\C=C(/C)CC)c1ccc(C)nc1. The smallest absolute Gasteiger partial charge is 0.319 e. The summed E-state index contributed by atoms with van der Waals surface area (Å²) in [6.07, 6.45) is 8.84. The highest BCUT2D eigenvalue weighted by atomic mass is 32.2. The third kappa shape index (κ3) is 5.68. The average molecular weight is 346 g/mol. The van der Waals surface area contributed by atoms with Gasteiger partial charge in [0.15, 0.2) is 0 Å². The van der Waals surface area contributed by atoms with Gasteiger partial charge in [-0.25, -0.2) is 0 Å². The van der Waals surface area contributed by atoms with E-state index in [0.29, 0.717) is 0 Å². The van der Waals surface area contributed by atoms with Gasteiger partial charge in [-0.05, 0) is 52.7 Å². The summed E-state index contributed by atoms with van der Waals surface area (Å²) < 4.78 is -0.911. The molecule has 3 nitrogen and oxygen atoms in total. The molecule has 0 saturated carbocycles. The zero-order valence-corrected chi connectivity index (χ0v) is 16.2. The first-order chi connectivity index (χ1) is 11.2. The van der Waals surface area contributed by atoms with Crippen LogP contribution in [0.1, 0.15) is 52.3 Å². The normalized spacial score (nSPS) is 14.0. The van der Waals surface area contributed by atoms with E-state index in [9.17, 15) is 9.90 Å². The van der Waals surface area contributed by atoms with Crippen LogP contribution in [-0.4, -0.2) is 20.8 Å². The monoisotopic (exact) mass is 345 g/mol. The largest absolute Gasteiger partial charge is 0.480 e. The third-order valence-corrected chi connectivity index (χ3v) is 4.90. The van der Waals surface area contributed by atoms with Crippen LogP contribution in [-0.2, 0) is 4.79 Å². The molecular formula is C20H27NO2S. The number of aliphatic carboxylic acids is 1. The Morgan fingerprint density at radius 2 is 2.04 bits per heavy atom. The fraction of sp³-hybridized carbons (Fsp3) is 0.400. The lowest BCUT2D eigenvalue weighted by Gasteiger charge is -2.21. The number of carboxylic acid groups (broad SMARTS) is 1. The molecule has 0 atom stereocenters. The van der Waals surface area contributed by atoms with Crippen LogP contribution < -0.4 is 0 Å². The summed E-state index contributed by atoms with van der Waals surface area (Å²) in [5, 5.41) is 9.48. The number of hydrogen-bond acceptors (Lipinski definition) is 3. The van der Waals surface area contributed by atoms with Crippen molar-refractivity contribution in [3.8, 4) is 0 Å². The maximum Gasteiger partial charge on any atom is 0.319 e. The standard InChI is InChI=1S/C20H27NO2S/c1-7-9-18(24-20(5,6)19(22)23)17(12-14(3)8-2)16-11-10-15(4)21-13-16/h7,9-13H,8H2,1-6H3,(H,22,23)/b9-7-,14-12+,18-17-. The molecular weight excluding hydrogens is 318 g/mol. The molecule has 0 aliphatic carbocycles. The first-order valence-electron chi connectivity index (χ1n) is 8.10. The molecule has 1 aromatic rings. The summed E-state index contributed by atoms with van der Waals surface area (Å²) in [5.41, 5.74) is 4.20. The van der Waals surface area contributed by atoms with E-state index in [1.54, 1.807) is 13.8 Å². The molecule has 0 aliphatic rings. The zero-order valence-electron chi connectivity index (χ0n) is 15.4. The first kappa shape index (κ1) is 20.2. The zero-order chi connectivity index (χ0) is 18.3. The van der Waals surface area contributed by atoms with Crippen LogP contribution >= 0.6 is 11.8 Å². The van der Waals surface area contributed by atoms with Crippen molar-refractivity contribution in [2.45, 2.75) is 52.7 Å². The second-order valence-corrected chi connectivity index (χ2v) is 7.89. The highest BCUT2D eigenvalue weighted by Gasteiger charge is 2.29. The molecule has 4 heteroatoms. The summed E-state index contributed by atoms with van der Waals surface area (Å²) >= 11 is 1.36. The molecule has 0 unspecified atom stereocenters. The fourth-order valence-corrected chi connectivity index (χ4v) is 3.05. The Bertz CT molecular complexity index is 667. The predicted octanol–water partition coefficient (Wildman–Crippen LogP) is 5.63. The van der Waals surface area contributed by atoms with Crippen LogP contribution in [0.2, 0.25) is 0 Å². The highest BCUT2D eigenvalue weighted by Crippen LogP contribution is 2.38. The van der Waals surface area contributed by atoms with Crippen LogP contribution in [0.3, 0.4) is 0 Å². The van der Waals surface area contributed by atoms with E-state index >= 15 is 0 Å². The lowest BCUT2D eigenvalue weighted by Crippen LogP contribution is -2.27. The molecule has 0 bridgehead atoms. The van der Waals surface area contributed by atoms with E-state index in [1.165, 1.54) is 17.3 Å². The molecule has 130 valence electrons. The Kier molecular flexibility index (Phi) is 7.49. The van der Waals surface area contributed by atoms with Crippen molar-refractivity contribution in [2.24, 2.45) is 0 Å². The molecule has 24 heavy (non-hydrogen) atoms. The molecule has 0 amide bonds. The van der Waals surface area contributed by atoms with Crippen molar-refractivity contribution in [3.63, 3.8) is 0 Å². The van der Waals surface area contributed by atoms with E-state index in [0.717, 1.165) is 28.2 Å². The Morgan fingerprint density at radius 1 is 1.38 bits per heavy atom. The van der Waals surface area contributed by atoms with Gasteiger partial charge in [-0.2, -0.15) is 0 Å². The van der Waals surface area contributed by atoms with Crippen LogP contribution in [0.15, 0.2) is 47.0 Å². The van der Waals surface area contributed by atoms with E-state index in [2.05, 4.69) is 24.9 Å². The molecule has 1 aromatic heterocycles. The van der Waals surface area contributed by atoms with E-state index < -0.39 is 10.7 Å². The Labute approximate surface area is 149 Å². The second kappa shape index (κ2) is 8.88. The van der Waals surface area contributed by atoms with Crippen molar-refractivity contribution in [1.82, 2.24) is 4.98 Å². The van der Waals surface area contributed by atoms with Gasteiger partial charge in [0.1, 0.15) is 4.75 Å². The van der Waals surface area contributed by atoms with Crippen LogP contribution in [0.5, 0.6) is 0 Å². The van der Waals surface area contributed by atoms with Gasteiger partial charge in [0.05, 0.1) is 0 Å². The number of rotatable bonds is 7. The number of thioether (sulfide) groups is 1. The van der Waals surface area contributed by atoms with Gasteiger partial charge in [-0.3, -0.25) is 9.78 Å². The summed E-state index contributed by atoms with van der Waals surface area (Å²) in [6.45, 7) is 11.5. The average Bonchev–Trinajstić information content (AvgIpc) is 2.52. The number of allylic oxidation sites excluding steroid dienone is 5. The highest BCUT2D eigenvalue weighted by molar-refractivity contribution is 8.05. The van der Waals surface area contributed by atoms with Crippen LogP contribution in [0.25, 0.3) is 5.57 Å². The number of nitrogens with zero attached hydrogens (tertiary/aromatic N) is 1. The molecule has 0 saturated heterocycles. The lowest BCUT2D eigenvalue weighted by atomic mass is 10.0. The maximum absolute atomic E-state index is 11.5. The summed E-state index contributed by atoms with van der Waals surface area (Å²) in [5.74, 6) is -0.827. The molecule has 0 fully saturated rings. The Hall–Kier alpha value is -1.81. The number of carboxylic acids is 1. The number of hydrogen-bond donors (Lipinski definition) is 1. The van der Waals surface area contributed by atoms with E-state index in [-0.39, 0.29) is 0 Å². The van der Waals surface area contributed by atoms with Crippen molar-refractivity contribution in [2.75, 3.05) is 0 Å². The van der Waals surface area contributed by atoms with E-state index in [4.69, 9.17) is 0 Å². The molecule has 0 aromatic carbocycles. The minimum absolute atomic E-state index is 0.827. The van der Waals surface area contributed by atoms with Gasteiger partial charge >= 0.3 is 5.97 Å². The molecule has 1 N–H and O–H groups in total. The van der Waals surface area contributed by atoms with Gasteiger partial charge < -0.3 is 5.11 Å². The third-order valence-electron chi connectivity index (χ3n) is 3.63. The van der Waals surface area contributed by atoms with E-state index in [1.807, 2.05) is 44.3 Å². The molecule has 0 aliphatic heterocycles. The van der Waals surface area contributed by atoms with Gasteiger partial charge in [-0.15, -0.1) is 11.8 Å². The maximum atomic E-state index is 11.5. The molecule has 0 radical (unpaired) electrons. The van der Waals surface area contributed by atoms with Crippen molar-refractivity contribution < 1.29 is 9.90 Å². The second-order valence-electron chi connectivity index (χ2n) is 6.23. The van der Waals surface area contributed by atoms with Crippen LogP contribution in [0, 0.1) is 6.92 Å². The predicted molar refractivity (Wildman–Crippen MR) is 104 cm³/mol. The molecule has 0 spiro atoms. The number of aryl methyl sites for hydroxylation is 1. The van der Waals surface area contributed by atoms with Crippen LogP contribution in [0.4, 0.5) is 0 Å².